The van der Waals surface area contributed by atoms with Gasteiger partial charge in [-0.05, 0) is 36.6 Å². The Morgan fingerprint density at radius 2 is 1.84 bits per heavy atom. The molecule has 0 fully saturated rings. The maximum atomic E-state index is 9.72. The molecule has 0 aliphatic heterocycles. The summed E-state index contributed by atoms with van der Waals surface area (Å²) in [6.45, 7) is 4.61. The SMILES string of the molecule is CC[C@H](O)c1ccc(OCc2cccc(C)c2)cc1. The molecule has 0 heterocycles. The van der Waals surface area contributed by atoms with Gasteiger partial charge in [-0.25, -0.2) is 0 Å². The fourth-order valence-electron chi connectivity index (χ4n) is 1.99. The predicted octanol–water partition coefficient (Wildman–Crippen LogP) is 4.02. The van der Waals surface area contributed by atoms with E-state index in [1.165, 1.54) is 5.56 Å². The quantitative estimate of drug-likeness (QED) is 0.875. The van der Waals surface area contributed by atoms with Crippen LogP contribution in [-0.4, -0.2) is 5.11 Å². The van der Waals surface area contributed by atoms with Crippen molar-refractivity contribution in [2.24, 2.45) is 0 Å². The Kier molecular flexibility index (Phi) is 4.58. The molecule has 2 aromatic rings. The number of benzene rings is 2. The first-order chi connectivity index (χ1) is 9.19. The Hall–Kier alpha value is -1.80. The van der Waals surface area contributed by atoms with Crippen molar-refractivity contribution in [1.82, 2.24) is 0 Å². The average molecular weight is 256 g/mol. The van der Waals surface area contributed by atoms with Gasteiger partial charge in [0.1, 0.15) is 12.4 Å². The Labute approximate surface area is 114 Å². The van der Waals surface area contributed by atoms with E-state index in [-0.39, 0.29) is 6.10 Å². The van der Waals surface area contributed by atoms with E-state index in [4.69, 9.17) is 4.74 Å². The Balaban J connectivity index is 1.96. The van der Waals surface area contributed by atoms with Crippen LogP contribution in [0, 0.1) is 6.92 Å². The first-order valence-corrected chi connectivity index (χ1v) is 6.65. The lowest BCUT2D eigenvalue weighted by Gasteiger charge is -2.10. The molecule has 0 aliphatic carbocycles. The van der Waals surface area contributed by atoms with Crippen molar-refractivity contribution >= 4 is 0 Å². The predicted molar refractivity (Wildman–Crippen MR) is 77.2 cm³/mol. The molecule has 0 aromatic heterocycles. The fourth-order valence-corrected chi connectivity index (χ4v) is 1.99. The molecule has 0 bridgehead atoms. The number of ether oxygens (including phenoxy) is 1. The van der Waals surface area contributed by atoms with Gasteiger partial charge in [-0.3, -0.25) is 0 Å². The molecule has 0 unspecified atom stereocenters. The Bertz CT molecular complexity index is 517. The van der Waals surface area contributed by atoms with Crippen LogP contribution >= 0.6 is 0 Å². The van der Waals surface area contributed by atoms with Gasteiger partial charge in [0.15, 0.2) is 0 Å². The third-order valence-electron chi connectivity index (χ3n) is 3.14. The zero-order valence-electron chi connectivity index (χ0n) is 11.5. The van der Waals surface area contributed by atoms with E-state index < -0.39 is 0 Å². The summed E-state index contributed by atoms with van der Waals surface area (Å²) >= 11 is 0. The van der Waals surface area contributed by atoms with E-state index in [0.29, 0.717) is 6.61 Å². The highest BCUT2D eigenvalue weighted by Gasteiger charge is 2.04. The maximum Gasteiger partial charge on any atom is 0.119 e. The second kappa shape index (κ2) is 6.39. The van der Waals surface area contributed by atoms with Crippen LogP contribution in [0.4, 0.5) is 0 Å². The molecule has 0 saturated carbocycles. The van der Waals surface area contributed by atoms with Gasteiger partial charge in [-0.15, -0.1) is 0 Å². The largest absolute Gasteiger partial charge is 0.489 e. The van der Waals surface area contributed by atoms with Crippen LogP contribution in [0.1, 0.15) is 36.1 Å². The van der Waals surface area contributed by atoms with Gasteiger partial charge < -0.3 is 9.84 Å². The summed E-state index contributed by atoms with van der Waals surface area (Å²) in [4.78, 5) is 0. The molecular weight excluding hydrogens is 236 g/mol. The second-order valence-corrected chi connectivity index (χ2v) is 4.77. The normalized spacial score (nSPS) is 12.2. The minimum absolute atomic E-state index is 0.383. The number of rotatable bonds is 5. The Morgan fingerprint density at radius 1 is 1.11 bits per heavy atom. The summed E-state index contributed by atoms with van der Waals surface area (Å²) in [5.74, 6) is 0.827. The first-order valence-electron chi connectivity index (χ1n) is 6.65. The fraction of sp³-hybridized carbons (Fsp3) is 0.294. The smallest absolute Gasteiger partial charge is 0.119 e. The highest BCUT2D eigenvalue weighted by molar-refractivity contribution is 5.29. The molecule has 1 atom stereocenters. The highest BCUT2D eigenvalue weighted by Crippen LogP contribution is 2.20. The zero-order chi connectivity index (χ0) is 13.7. The molecule has 0 saturated heterocycles. The minimum atomic E-state index is -0.383. The standard InChI is InChI=1S/C17H20O2/c1-3-17(18)15-7-9-16(10-8-15)19-12-14-6-4-5-13(2)11-14/h4-11,17-18H,3,12H2,1-2H3/t17-/m0/s1. The lowest BCUT2D eigenvalue weighted by Crippen LogP contribution is -1.97. The average Bonchev–Trinajstić information content (AvgIpc) is 2.45. The summed E-state index contributed by atoms with van der Waals surface area (Å²) in [7, 11) is 0. The van der Waals surface area contributed by atoms with Crippen LogP contribution in [0.2, 0.25) is 0 Å². The molecule has 1 N–H and O–H groups in total. The van der Waals surface area contributed by atoms with Crippen molar-refractivity contribution in [2.75, 3.05) is 0 Å². The summed E-state index contributed by atoms with van der Waals surface area (Å²) in [6, 6.07) is 15.9. The molecule has 2 rings (SSSR count). The lowest BCUT2D eigenvalue weighted by molar-refractivity contribution is 0.173. The Morgan fingerprint density at radius 3 is 2.47 bits per heavy atom. The number of aryl methyl sites for hydroxylation is 1. The van der Waals surface area contributed by atoms with Crippen LogP contribution in [0.25, 0.3) is 0 Å². The van der Waals surface area contributed by atoms with Gasteiger partial charge in [-0.2, -0.15) is 0 Å². The number of aliphatic hydroxyl groups excluding tert-OH is 1. The van der Waals surface area contributed by atoms with Gasteiger partial charge in [-0.1, -0.05) is 48.9 Å². The van der Waals surface area contributed by atoms with Gasteiger partial charge in [0.2, 0.25) is 0 Å². The highest BCUT2D eigenvalue weighted by atomic mass is 16.5. The van der Waals surface area contributed by atoms with Crippen molar-refractivity contribution in [3.63, 3.8) is 0 Å². The summed E-state index contributed by atoms with van der Waals surface area (Å²) < 4.78 is 5.73. The van der Waals surface area contributed by atoms with Crippen molar-refractivity contribution in [3.05, 3.63) is 65.2 Å². The van der Waals surface area contributed by atoms with E-state index in [1.54, 1.807) is 0 Å². The molecular formula is C17H20O2. The topological polar surface area (TPSA) is 29.5 Å². The van der Waals surface area contributed by atoms with Crippen LogP contribution in [0.3, 0.4) is 0 Å². The third-order valence-corrected chi connectivity index (χ3v) is 3.14. The monoisotopic (exact) mass is 256 g/mol. The van der Waals surface area contributed by atoms with E-state index in [1.807, 2.05) is 37.3 Å². The summed E-state index contributed by atoms with van der Waals surface area (Å²) in [6.07, 6.45) is 0.342. The molecule has 0 amide bonds. The number of hydrogen-bond donors (Lipinski definition) is 1. The van der Waals surface area contributed by atoms with Crippen molar-refractivity contribution < 1.29 is 9.84 Å². The first kappa shape index (κ1) is 13.6. The lowest BCUT2D eigenvalue weighted by atomic mass is 10.1. The molecule has 0 aliphatic rings. The van der Waals surface area contributed by atoms with E-state index in [2.05, 4.69) is 25.1 Å². The maximum absolute atomic E-state index is 9.72. The van der Waals surface area contributed by atoms with E-state index >= 15 is 0 Å². The molecule has 2 aromatic carbocycles. The molecule has 100 valence electrons. The molecule has 19 heavy (non-hydrogen) atoms. The molecule has 0 spiro atoms. The van der Waals surface area contributed by atoms with Crippen molar-refractivity contribution in [3.8, 4) is 5.75 Å². The number of aliphatic hydroxyl groups is 1. The van der Waals surface area contributed by atoms with Gasteiger partial charge in [0.05, 0.1) is 6.10 Å². The minimum Gasteiger partial charge on any atom is -0.489 e. The van der Waals surface area contributed by atoms with Crippen LogP contribution in [-0.2, 0) is 6.61 Å². The van der Waals surface area contributed by atoms with Crippen molar-refractivity contribution in [2.45, 2.75) is 33.0 Å². The zero-order valence-corrected chi connectivity index (χ0v) is 11.5. The summed E-state index contributed by atoms with van der Waals surface area (Å²) in [5, 5.41) is 9.72. The van der Waals surface area contributed by atoms with Gasteiger partial charge >= 0.3 is 0 Å². The van der Waals surface area contributed by atoms with Gasteiger partial charge in [0.25, 0.3) is 0 Å². The van der Waals surface area contributed by atoms with Gasteiger partial charge in [0, 0.05) is 0 Å². The molecule has 2 heteroatoms. The number of hydrogen-bond acceptors (Lipinski definition) is 2. The van der Waals surface area contributed by atoms with Crippen LogP contribution in [0.5, 0.6) is 5.75 Å². The summed E-state index contributed by atoms with van der Waals surface area (Å²) in [5.41, 5.74) is 3.34. The second-order valence-electron chi connectivity index (χ2n) is 4.77. The third kappa shape index (κ3) is 3.83. The molecule has 2 nitrogen and oxygen atoms in total. The van der Waals surface area contributed by atoms with E-state index in [0.717, 1.165) is 23.3 Å². The van der Waals surface area contributed by atoms with Crippen LogP contribution < -0.4 is 4.74 Å². The van der Waals surface area contributed by atoms with Crippen molar-refractivity contribution in [1.29, 1.82) is 0 Å². The van der Waals surface area contributed by atoms with Crippen LogP contribution in [0.15, 0.2) is 48.5 Å². The molecule has 0 radical (unpaired) electrons. The van der Waals surface area contributed by atoms with E-state index in [9.17, 15) is 5.11 Å².